The van der Waals surface area contributed by atoms with Crippen molar-refractivity contribution in [2.45, 2.75) is 24.8 Å². The summed E-state index contributed by atoms with van der Waals surface area (Å²) in [4.78, 5) is 1.17. The summed E-state index contributed by atoms with van der Waals surface area (Å²) in [5.41, 5.74) is 6.27. The second-order valence-corrected chi connectivity index (χ2v) is 5.22. The van der Waals surface area contributed by atoms with Gasteiger partial charge in [-0.05, 0) is 18.2 Å². The number of nitrogens with two attached hydrogens (primary N) is 1. The summed E-state index contributed by atoms with van der Waals surface area (Å²) in [5.74, 6) is 1.04. The second-order valence-electron chi connectivity index (χ2n) is 3.64. The van der Waals surface area contributed by atoms with Gasteiger partial charge in [-0.3, -0.25) is 0 Å². The number of halogens is 1. The smallest absolute Gasteiger partial charge is 0.0646 e. The van der Waals surface area contributed by atoms with Crippen LogP contribution in [0.25, 0.3) is 0 Å². The van der Waals surface area contributed by atoms with E-state index in [2.05, 4.69) is 19.2 Å². The van der Waals surface area contributed by atoms with E-state index in [1.165, 1.54) is 4.90 Å². The summed E-state index contributed by atoms with van der Waals surface area (Å²) in [6.07, 6.45) is 0. The molecule has 0 radical (unpaired) electrons. The zero-order chi connectivity index (χ0) is 11.3. The van der Waals surface area contributed by atoms with Crippen LogP contribution in [-0.2, 0) is 0 Å². The molecule has 0 atom stereocenters. The third-order valence-electron chi connectivity index (χ3n) is 1.90. The van der Waals surface area contributed by atoms with E-state index in [9.17, 15) is 0 Å². The number of nitrogens with one attached hydrogen (secondary N) is 1. The second kappa shape index (κ2) is 6.26. The van der Waals surface area contributed by atoms with Gasteiger partial charge in [0.15, 0.2) is 0 Å². The minimum atomic E-state index is 0.542. The van der Waals surface area contributed by atoms with Gasteiger partial charge in [0.2, 0.25) is 0 Å². The van der Waals surface area contributed by atoms with Crippen LogP contribution in [0.4, 0.5) is 5.69 Å². The van der Waals surface area contributed by atoms with Crippen molar-refractivity contribution in [3.63, 3.8) is 0 Å². The molecule has 0 saturated heterocycles. The Hall–Kier alpha value is -0.380. The van der Waals surface area contributed by atoms with E-state index >= 15 is 0 Å². The van der Waals surface area contributed by atoms with Gasteiger partial charge in [0.25, 0.3) is 0 Å². The Balaban J connectivity index is 2.35. The molecule has 1 rings (SSSR count). The first kappa shape index (κ1) is 12.7. The lowest BCUT2D eigenvalue weighted by atomic mass is 10.3. The molecule has 0 heterocycles. The average Bonchev–Trinajstić information content (AvgIpc) is 2.18. The number of hydrogen-bond acceptors (Lipinski definition) is 3. The predicted molar refractivity (Wildman–Crippen MR) is 69.7 cm³/mol. The van der Waals surface area contributed by atoms with Crippen LogP contribution in [0.15, 0.2) is 23.1 Å². The van der Waals surface area contributed by atoms with Crippen LogP contribution in [0, 0.1) is 0 Å². The maximum Gasteiger partial charge on any atom is 0.0646 e. The Labute approximate surface area is 101 Å². The quantitative estimate of drug-likeness (QED) is 0.475. The van der Waals surface area contributed by atoms with Gasteiger partial charge in [-0.2, -0.15) is 0 Å². The maximum absolute atomic E-state index is 5.92. The molecule has 0 saturated carbocycles. The SMILES string of the molecule is CC(C)NCCSc1ccc(N)c(Cl)c1. The first-order chi connectivity index (χ1) is 7.09. The summed E-state index contributed by atoms with van der Waals surface area (Å²) in [5, 5.41) is 4.00. The fraction of sp³-hybridized carbons (Fsp3) is 0.455. The lowest BCUT2D eigenvalue weighted by Crippen LogP contribution is -2.24. The number of nitrogen functional groups attached to an aromatic ring is 1. The largest absolute Gasteiger partial charge is 0.398 e. The van der Waals surface area contributed by atoms with Crippen LogP contribution >= 0.6 is 23.4 Å². The summed E-state index contributed by atoms with van der Waals surface area (Å²) in [6.45, 7) is 5.29. The van der Waals surface area contributed by atoms with Crippen molar-refractivity contribution in [1.82, 2.24) is 5.32 Å². The van der Waals surface area contributed by atoms with Crippen LogP contribution < -0.4 is 11.1 Å². The number of hydrogen-bond donors (Lipinski definition) is 2. The van der Waals surface area contributed by atoms with Gasteiger partial charge in [-0.25, -0.2) is 0 Å². The van der Waals surface area contributed by atoms with E-state index < -0.39 is 0 Å². The summed E-state index contributed by atoms with van der Waals surface area (Å²) < 4.78 is 0. The zero-order valence-corrected chi connectivity index (χ0v) is 10.7. The van der Waals surface area contributed by atoms with Gasteiger partial charge in [-0.15, -0.1) is 11.8 Å². The highest BCUT2D eigenvalue weighted by Crippen LogP contribution is 2.25. The summed E-state index contributed by atoms with van der Waals surface area (Å²) >= 11 is 7.71. The first-order valence-corrected chi connectivity index (χ1v) is 6.37. The van der Waals surface area contributed by atoms with Crippen LogP contribution in [-0.4, -0.2) is 18.3 Å². The molecule has 0 aliphatic heterocycles. The van der Waals surface area contributed by atoms with E-state index in [-0.39, 0.29) is 0 Å². The summed E-state index contributed by atoms with van der Waals surface area (Å²) in [7, 11) is 0. The van der Waals surface area contributed by atoms with Crippen molar-refractivity contribution >= 4 is 29.1 Å². The normalized spacial score (nSPS) is 10.9. The van der Waals surface area contributed by atoms with Crippen molar-refractivity contribution in [1.29, 1.82) is 0 Å². The van der Waals surface area contributed by atoms with Crippen molar-refractivity contribution in [3.05, 3.63) is 23.2 Å². The number of thioether (sulfide) groups is 1. The molecule has 0 aliphatic carbocycles. The van der Waals surface area contributed by atoms with Crippen LogP contribution in [0.5, 0.6) is 0 Å². The van der Waals surface area contributed by atoms with E-state index in [1.54, 1.807) is 11.8 Å². The van der Waals surface area contributed by atoms with Crippen LogP contribution in [0.3, 0.4) is 0 Å². The fourth-order valence-electron chi connectivity index (χ4n) is 1.11. The molecular formula is C11H17ClN2S. The van der Waals surface area contributed by atoms with E-state index in [4.69, 9.17) is 17.3 Å². The van der Waals surface area contributed by atoms with Crippen LogP contribution in [0.1, 0.15) is 13.8 Å². The third-order valence-corrected chi connectivity index (χ3v) is 3.22. The molecule has 0 bridgehead atoms. The molecule has 4 heteroatoms. The molecule has 84 valence electrons. The predicted octanol–water partition coefficient (Wildman–Crippen LogP) is 3.01. The highest BCUT2D eigenvalue weighted by Gasteiger charge is 1.99. The van der Waals surface area contributed by atoms with Gasteiger partial charge in [0, 0.05) is 23.2 Å². The average molecular weight is 245 g/mol. The van der Waals surface area contributed by atoms with Crippen molar-refractivity contribution < 1.29 is 0 Å². The lowest BCUT2D eigenvalue weighted by Gasteiger charge is -2.07. The van der Waals surface area contributed by atoms with E-state index in [0.29, 0.717) is 16.8 Å². The van der Waals surface area contributed by atoms with Gasteiger partial charge in [0.1, 0.15) is 0 Å². The first-order valence-electron chi connectivity index (χ1n) is 5.01. The molecule has 3 N–H and O–H groups in total. The van der Waals surface area contributed by atoms with Gasteiger partial charge < -0.3 is 11.1 Å². The Morgan fingerprint density at radius 2 is 2.20 bits per heavy atom. The Kier molecular flexibility index (Phi) is 5.29. The summed E-state index contributed by atoms with van der Waals surface area (Å²) in [6, 6.07) is 6.30. The highest BCUT2D eigenvalue weighted by atomic mass is 35.5. The van der Waals surface area contributed by atoms with E-state index in [1.807, 2.05) is 18.2 Å². The minimum absolute atomic E-state index is 0.542. The molecule has 0 aromatic heterocycles. The Morgan fingerprint density at radius 3 is 2.80 bits per heavy atom. The maximum atomic E-state index is 5.92. The number of benzene rings is 1. The molecule has 2 nitrogen and oxygen atoms in total. The van der Waals surface area contributed by atoms with Gasteiger partial charge in [-0.1, -0.05) is 25.4 Å². The highest BCUT2D eigenvalue weighted by molar-refractivity contribution is 7.99. The molecule has 0 aliphatic rings. The molecule has 1 aromatic rings. The van der Waals surface area contributed by atoms with Crippen molar-refractivity contribution in [2.75, 3.05) is 18.0 Å². The Bertz CT molecular complexity index is 315. The number of anilines is 1. The molecule has 0 fully saturated rings. The van der Waals surface area contributed by atoms with E-state index in [0.717, 1.165) is 12.3 Å². The topological polar surface area (TPSA) is 38.0 Å². The monoisotopic (exact) mass is 244 g/mol. The molecule has 0 spiro atoms. The molecule has 0 amide bonds. The van der Waals surface area contributed by atoms with Gasteiger partial charge >= 0.3 is 0 Å². The fourth-order valence-corrected chi connectivity index (χ4v) is 2.18. The Morgan fingerprint density at radius 1 is 1.47 bits per heavy atom. The lowest BCUT2D eigenvalue weighted by molar-refractivity contribution is 0.616. The van der Waals surface area contributed by atoms with Crippen molar-refractivity contribution in [3.8, 4) is 0 Å². The number of rotatable bonds is 5. The van der Waals surface area contributed by atoms with Crippen LogP contribution in [0.2, 0.25) is 5.02 Å². The standard InChI is InChI=1S/C11H17ClN2S/c1-8(2)14-5-6-15-9-3-4-11(13)10(12)7-9/h3-4,7-8,14H,5-6,13H2,1-2H3. The third kappa shape index (κ3) is 4.78. The zero-order valence-electron chi connectivity index (χ0n) is 9.09. The minimum Gasteiger partial charge on any atom is -0.398 e. The van der Waals surface area contributed by atoms with Gasteiger partial charge in [0.05, 0.1) is 10.7 Å². The molecule has 0 unspecified atom stereocenters. The molecular weight excluding hydrogens is 228 g/mol. The molecule has 15 heavy (non-hydrogen) atoms. The van der Waals surface area contributed by atoms with Crippen molar-refractivity contribution in [2.24, 2.45) is 0 Å². The molecule has 1 aromatic carbocycles.